The fraction of sp³-hybridized carbons (Fsp3) is 0.167. The van der Waals surface area contributed by atoms with Gasteiger partial charge in [-0.3, -0.25) is 4.99 Å². The molecule has 0 aliphatic rings. The van der Waals surface area contributed by atoms with E-state index in [-0.39, 0.29) is 24.0 Å². The van der Waals surface area contributed by atoms with Crippen molar-refractivity contribution in [1.29, 1.82) is 0 Å². The van der Waals surface area contributed by atoms with Crippen molar-refractivity contribution in [2.24, 2.45) is 10.7 Å². The maximum absolute atomic E-state index is 5.55. The number of hydrogen-bond acceptors (Lipinski definition) is 2. The zero-order chi connectivity index (χ0) is 12.1. The number of nitrogens with one attached hydrogen (secondary N) is 1. The van der Waals surface area contributed by atoms with Crippen molar-refractivity contribution in [3.8, 4) is 5.69 Å². The summed E-state index contributed by atoms with van der Waals surface area (Å²) < 4.78 is 1.83. The van der Waals surface area contributed by atoms with Crippen LogP contribution in [0.5, 0.6) is 0 Å². The molecule has 0 fully saturated rings. The van der Waals surface area contributed by atoms with Crippen LogP contribution in [0.3, 0.4) is 0 Å². The van der Waals surface area contributed by atoms with Gasteiger partial charge in [-0.25, -0.2) is 4.68 Å². The molecule has 3 N–H and O–H groups in total. The van der Waals surface area contributed by atoms with E-state index in [9.17, 15) is 0 Å². The van der Waals surface area contributed by atoms with Crippen LogP contribution in [0.2, 0.25) is 0 Å². The first-order valence-electron chi connectivity index (χ1n) is 5.34. The Morgan fingerprint density at radius 1 is 1.39 bits per heavy atom. The zero-order valence-electron chi connectivity index (χ0n) is 10.1. The Kier molecular flexibility index (Phi) is 5.63. The van der Waals surface area contributed by atoms with Gasteiger partial charge in [0.25, 0.3) is 0 Å². The number of guanidine groups is 1. The molecule has 1 aromatic carbocycles. The lowest BCUT2D eigenvalue weighted by Gasteiger charge is -2.02. The summed E-state index contributed by atoms with van der Waals surface area (Å²) in [5.74, 6) is 0.428. The highest BCUT2D eigenvalue weighted by atomic mass is 127. The molecule has 96 valence electrons. The summed E-state index contributed by atoms with van der Waals surface area (Å²) in [5.41, 5.74) is 7.64. The molecule has 0 atom stereocenters. The largest absolute Gasteiger partial charge is 0.370 e. The number of rotatable bonds is 3. The number of hydrogen-bond donors (Lipinski definition) is 2. The fourth-order valence-corrected chi connectivity index (χ4v) is 1.44. The minimum absolute atomic E-state index is 0. The number of aliphatic imine (C=N–C) groups is 1. The number of aromatic nitrogens is 2. The van der Waals surface area contributed by atoms with Crippen LogP contribution in [0.4, 0.5) is 0 Å². The lowest BCUT2D eigenvalue weighted by Crippen LogP contribution is -2.30. The Bertz CT molecular complexity index is 506. The SMILES string of the molecule is CN=C(N)NCc1cnn(-c2ccccc2)c1.I. The number of halogens is 1. The molecule has 0 aliphatic heterocycles. The van der Waals surface area contributed by atoms with Crippen LogP contribution in [0.25, 0.3) is 5.69 Å². The van der Waals surface area contributed by atoms with Gasteiger partial charge in [-0.05, 0) is 12.1 Å². The Hall–Kier alpha value is -1.57. The van der Waals surface area contributed by atoms with Crippen molar-refractivity contribution >= 4 is 29.9 Å². The molecule has 6 heteroatoms. The van der Waals surface area contributed by atoms with E-state index in [0.29, 0.717) is 12.5 Å². The highest BCUT2D eigenvalue weighted by molar-refractivity contribution is 14.0. The van der Waals surface area contributed by atoms with E-state index in [2.05, 4.69) is 15.4 Å². The lowest BCUT2D eigenvalue weighted by molar-refractivity contribution is 0.875. The van der Waals surface area contributed by atoms with Crippen molar-refractivity contribution in [3.05, 3.63) is 48.3 Å². The highest BCUT2D eigenvalue weighted by Gasteiger charge is 2.00. The lowest BCUT2D eigenvalue weighted by atomic mass is 10.3. The summed E-state index contributed by atoms with van der Waals surface area (Å²) in [7, 11) is 1.65. The van der Waals surface area contributed by atoms with E-state index >= 15 is 0 Å². The quantitative estimate of drug-likeness (QED) is 0.497. The second-order valence-electron chi connectivity index (χ2n) is 3.59. The van der Waals surface area contributed by atoms with Crippen molar-refractivity contribution in [1.82, 2.24) is 15.1 Å². The fourth-order valence-electron chi connectivity index (χ4n) is 1.44. The molecule has 2 rings (SSSR count). The predicted octanol–water partition coefficient (Wildman–Crippen LogP) is 1.52. The Balaban J connectivity index is 0.00000162. The van der Waals surface area contributed by atoms with Crippen LogP contribution in [0, 0.1) is 0 Å². The second-order valence-corrected chi connectivity index (χ2v) is 3.59. The molecule has 0 amide bonds. The summed E-state index contributed by atoms with van der Waals surface area (Å²) in [6, 6.07) is 9.96. The first kappa shape index (κ1) is 14.5. The highest BCUT2D eigenvalue weighted by Crippen LogP contribution is 2.07. The van der Waals surface area contributed by atoms with Crippen molar-refractivity contribution < 1.29 is 0 Å². The molecule has 0 saturated heterocycles. The maximum atomic E-state index is 5.55. The van der Waals surface area contributed by atoms with Crippen molar-refractivity contribution in [2.45, 2.75) is 6.54 Å². The second kappa shape index (κ2) is 7.00. The molecule has 5 nitrogen and oxygen atoms in total. The van der Waals surface area contributed by atoms with Crippen LogP contribution >= 0.6 is 24.0 Å². The van der Waals surface area contributed by atoms with Crippen molar-refractivity contribution in [2.75, 3.05) is 7.05 Å². The molecule has 18 heavy (non-hydrogen) atoms. The molecule has 0 unspecified atom stereocenters. The van der Waals surface area contributed by atoms with Gasteiger partial charge in [0.1, 0.15) is 0 Å². The molecule has 0 radical (unpaired) electrons. The van der Waals surface area contributed by atoms with E-state index in [1.165, 1.54) is 0 Å². The summed E-state index contributed by atoms with van der Waals surface area (Å²) >= 11 is 0. The molecule has 0 bridgehead atoms. The maximum Gasteiger partial charge on any atom is 0.188 e. The standard InChI is InChI=1S/C12H15N5.HI/c1-14-12(13)15-7-10-8-16-17(9-10)11-5-3-2-4-6-11;/h2-6,8-9H,7H2,1H3,(H3,13,14,15);1H. The number of nitrogens with zero attached hydrogens (tertiary/aromatic N) is 3. The minimum Gasteiger partial charge on any atom is -0.370 e. The average Bonchev–Trinajstić information content (AvgIpc) is 2.86. The van der Waals surface area contributed by atoms with Gasteiger partial charge in [-0.2, -0.15) is 5.10 Å². The van der Waals surface area contributed by atoms with Gasteiger partial charge >= 0.3 is 0 Å². The van der Waals surface area contributed by atoms with Gasteiger partial charge in [-0.15, -0.1) is 24.0 Å². The summed E-state index contributed by atoms with van der Waals surface area (Å²) in [6.07, 6.45) is 3.77. The molecular formula is C12H16IN5. The third-order valence-corrected chi connectivity index (χ3v) is 2.37. The predicted molar refractivity (Wildman–Crippen MR) is 83.4 cm³/mol. The van der Waals surface area contributed by atoms with E-state index in [1.807, 2.05) is 47.4 Å². The van der Waals surface area contributed by atoms with Gasteiger partial charge in [-0.1, -0.05) is 18.2 Å². The molecule has 1 aromatic heterocycles. The molecule has 2 aromatic rings. The normalized spacial score (nSPS) is 10.8. The topological polar surface area (TPSA) is 68.2 Å². The Labute approximate surface area is 123 Å². The van der Waals surface area contributed by atoms with E-state index < -0.39 is 0 Å². The van der Waals surface area contributed by atoms with Crippen LogP contribution in [0.15, 0.2) is 47.7 Å². The van der Waals surface area contributed by atoms with E-state index in [1.54, 1.807) is 7.05 Å². The van der Waals surface area contributed by atoms with Gasteiger partial charge in [0.2, 0.25) is 0 Å². The Morgan fingerprint density at radius 2 is 2.11 bits per heavy atom. The third kappa shape index (κ3) is 3.73. The number of benzene rings is 1. The van der Waals surface area contributed by atoms with Gasteiger partial charge < -0.3 is 11.1 Å². The molecule has 0 aliphatic carbocycles. The first-order chi connectivity index (χ1) is 8.29. The number of para-hydroxylation sites is 1. The summed E-state index contributed by atoms with van der Waals surface area (Å²) in [5, 5.41) is 7.27. The summed E-state index contributed by atoms with van der Waals surface area (Å²) in [6.45, 7) is 0.621. The molecule has 0 spiro atoms. The summed E-state index contributed by atoms with van der Waals surface area (Å²) in [4.78, 5) is 3.82. The van der Waals surface area contributed by atoms with Crippen LogP contribution < -0.4 is 11.1 Å². The zero-order valence-corrected chi connectivity index (χ0v) is 12.4. The average molecular weight is 357 g/mol. The Morgan fingerprint density at radius 3 is 2.78 bits per heavy atom. The van der Waals surface area contributed by atoms with Crippen LogP contribution in [0.1, 0.15) is 5.56 Å². The van der Waals surface area contributed by atoms with E-state index in [4.69, 9.17) is 5.73 Å². The monoisotopic (exact) mass is 357 g/mol. The first-order valence-corrected chi connectivity index (χ1v) is 5.34. The van der Waals surface area contributed by atoms with E-state index in [0.717, 1.165) is 11.3 Å². The molecular weight excluding hydrogens is 341 g/mol. The molecule has 0 saturated carbocycles. The van der Waals surface area contributed by atoms with Crippen LogP contribution in [-0.4, -0.2) is 22.8 Å². The number of nitrogens with two attached hydrogens (primary N) is 1. The van der Waals surface area contributed by atoms with Gasteiger partial charge in [0, 0.05) is 25.4 Å². The van der Waals surface area contributed by atoms with Crippen molar-refractivity contribution in [3.63, 3.8) is 0 Å². The third-order valence-electron chi connectivity index (χ3n) is 2.37. The van der Waals surface area contributed by atoms with Crippen LogP contribution in [-0.2, 0) is 6.54 Å². The van der Waals surface area contributed by atoms with Gasteiger partial charge in [0.15, 0.2) is 5.96 Å². The minimum atomic E-state index is 0. The van der Waals surface area contributed by atoms with Gasteiger partial charge in [0.05, 0.1) is 11.9 Å². The smallest absolute Gasteiger partial charge is 0.188 e. The molecule has 1 heterocycles.